The molecular formula is C34H34N4O3. The number of benzene rings is 3. The molecule has 208 valence electrons. The van der Waals surface area contributed by atoms with E-state index >= 15 is 0 Å². The number of hydrogen-bond donors (Lipinski definition) is 3. The first kappa shape index (κ1) is 25.4. The van der Waals surface area contributed by atoms with Crippen molar-refractivity contribution < 1.29 is 14.6 Å². The fourth-order valence-corrected chi connectivity index (χ4v) is 6.56. The van der Waals surface area contributed by atoms with Crippen molar-refractivity contribution in [2.75, 3.05) is 27.3 Å². The lowest BCUT2D eigenvalue weighted by atomic mass is 9.84. The highest BCUT2D eigenvalue weighted by Crippen LogP contribution is 2.38. The predicted octanol–water partition coefficient (Wildman–Crippen LogP) is 6.64. The summed E-state index contributed by atoms with van der Waals surface area (Å²) in [6, 6.07) is 18.5. The maximum absolute atomic E-state index is 10.4. The monoisotopic (exact) mass is 546 g/mol. The van der Waals surface area contributed by atoms with Crippen LogP contribution in [0.4, 0.5) is 0 Å². The molecule has 7 nitrogen and oxygen atoms in total. The van der Waals surface area contributed by atoms with Crippen molar-refractivity contribution in [2.24, 2.45) is 9.98 Å². The first-order valence-corrected chi connectivity index (χ1v) is 14.3. The summed E-state index contributed by atoms with van der Waals surface area (Å²) < 4.78 is 11.0. The molecule has 2 aliphatic rings. The second-order valence-electron chi connectivity index (χ2n) is 11.1. The van der Waals surface area contributed by atoms with Gasteiger partial charge in [-0.15, -0.1) is 0 Å². The molecule has 5 aromatic rings. The minimum atomic E-state index is 0.0768. The number of aromatic hydroxyl groups is 1. The lowest BCUT2D eigenvalue weighted by molar-refractivity contribution is 0.372. The molecule has 1 unspecified atom stereocenters. The molecule has 0 bridgehead atoms. The average Bonchev–Trinajstić information content (AvgIpc) is 3.55. The average molecular weight is 547 g/mol. The third-order valence-electron chi connectivity index (χ3n) is 8.64. The van der Waals surface area contributed by atoms with E-state index in [-0.39, 0.29) is 11.7 Å². The number of phenolic OH excluding ortho intramolecular Hbond substituents is 1. The first-order valence-electron chi connectivity index (χ1n) is 14.3. The molecule has 0 spiro atoms. The molecule has 0 fully saturated rings. The van der Waals surface area contributed by atoms with E-state index in [1.807, 2.05) is 18.2 Å². The van der Waals surface area contributed by atoms with Gasteiger partial charge in [-0.25, -0.2) is 0 Å². The molecule has 2 aromatic heterocycles. The van der Waals surface area contributed by atoms with Crippen molar-refractivity contribution in [3.63, 3.8) is 0 Å². The number of fused-ring (bicyclic) bond motifs is 6. The number of aromatic nitrogens is 2. The smallest absolute Gasteiger partial charge is 0.160 e. The molecule has 3 N–H and O–H groups in total. The second-order valence-corrected chi connectivity index (χ2v) is 11.1. The number of rotatable bonds is 7. The van der Waals surface area contributed by atoms with Crippen LogP contribution in [0.3, 0.4) is 0 Å². The van der Waals surface area contributed by atoms with Crippen molar-refractivity contribution in [3.05, 3.63) is 88.2 Å². The van der Waals surface area contributed by atoms with E-state index in [4.69, 9.17) is 19.5 Å². The SMILES string of the molecule is COc1ccc2c3c([nH]c2c1)C(CC(CC1=NCCc2c1[nH]c1cc(C)ccc21)c1ccc(O)c(OC)c1)=NCC3. The van der Waals surface area contributed by atoms with Gasteiger partial charge in [0.15, 0.2) is 11.5 Å². The highest BCUT2D eigenvalue weighted by Gasteiger charge is 2.28. The van der Waals surface area contributed by atoms with Crippen molar-refractivity contribution in [1.82, 2.24) is 9.97 Å². The number of H-pyrrole nitrogens is 2. The van der Waals surface area contributed by atoms with Gasteiger partial charge in [-0.1, -0.05) is 18.2 Å². The Hall–Kier alpha value is -4.52. The van der Waals surface area contributed by atoms with Crippen LogP contribution in [0.25, 0.3) is 21.8 Å². The Morgan fingerprint density at radius 3 is 2.05 bits per heavy atom. The number of phenols is 1. The maximum atomic E-state index is 10.4. The van der Waals surface area contributed by atoms with Gasteiger partial charge < -0.3 is 24.5 Å². The Kier molecular flexibility index (Phi) is 6.30. The Labute approximate surface area is 239 Å². The molecule has 4 heterocycles. The van der Waals surface area contributed by atoms with Gasteiger partial charge in [0.25, 0.3) is 0 Å². The Bertz CT molecular complexity index is 1860. The fourth-order valence-electron chi connectivity index (χ4n) is 6.56. The van der Waals surface area contributed by atoms with Crippen molar-refractivity contribution >= 4 is 33.2 Å². The molecule has 0 radical (unpaired) electrons. The van der Waals surface area contributed by atoms with Crippen molar-refractivity contribution in [1.29, 1.82) is 0 Å². The molecule has 0 saturated heterocycles. The van der Waals surface area contributed by atoms with Crippen LogP contribution in [-0.2, 0) is 12.8 Å². The summed E-state index contributed by atoms with van der Waals surface area (Å²) in [7, 11) is 3.29. The lowest BCUT2D eigenvalue weighted by Gasteiger charge is -2.24. The van der Waals surface area contributed by atoms with Crippen LogP contribution in [0.5, 0.6) is 17.2 Å². The Balaban J connectivity index is 1.28. The van der Waals surface area contributed by atoms with Crippen LogP contribution in [-0.4, -0.2) is 53.8 Å². The van der Waals surface area contributed by atoms with E-state index in [1.165, 1.54) is 33.0 Å². The van der Waals surface area contributed by atoms with Crippen LogP contribution < -0.4 is 9.47 Å². The maximum Gasteiger partial charge on any atom is 0.160 e. The Morgan fingerprint density at radius 1 is 0.780 bits per heavy atom. The van der Waals surface area contributed by atoms with Gasteiger partial charge in [0.05, 0.1) is 37.0 Å². The third kappa shape index (κ3) is 4.46. The fraction of sp³-hybridized carbons (Fsp3) is 0.294. The zero-order chi connectivity index (χ0) is 28.1. The summed E-state index contributed by atoms with van der Waals surface area (Å²) in [5.74, 6) is 1.53. The predicted molar refractivity (Wildman–Crippen MR) is 165 cm³/mol. The summed E-state index contributed by atoms with van der Waals surface area (Å²) in [5, 5.41) is 12.9. The molecule has 7 rings (SSSR count). The lowest BCUT2D eigenvalue weighted by Crippen LogP contribution is -2.20. The zero-order valence-corrected chi connectivity index (χ0v) is 23.7. The van der Waals surface area contributed by atoms with Gasteiger partial charge in [-0.3, -0.25) is 9.98 Å². The number of aliphatic imine (C=N–C) groups is 2. The number of methoxy groups -OCH3 is 2. The number of aryl methyl sites for hydroxylation is 1. The van der Waals surface area contributed by atoms with Gasteiger partial charge in [-0.05, 0) is 91.1 Å². The summed E-state index contributed by atoms with van der Waals surface area (Å²) in [6.45, 7) is 3.67. The van der Waals surface area contributed by atoms with E-state index in [9.17, 15) is 5.11 Å². The second kappa shape index (κ2) is 10.1. The summed E-state index contributed by atoms with van der Waals surface area (Å²) >= 11 is 0. The number of nitrogens with zero attached hydrogens (tertiary/aromatic N) is 2. The van der Waals surface area contributed by atoms with Crippen LogP contribution in [0.15, 0.2) is 64.6 Å². The summed E-state index contributed by atoms with van der Waals surface area (Å²) in [5.41, 5.74) is 11.7. The molecule has 41 heavy (non-hydrogen) atoms. The Morgan fingerprint density at radius 2 is 1.41 bits per heavy atom. The molecular weight excluding hydrogens is 512 g/mol. The third-order valence-corrected chi connectivity index (χ3v) is 8.64. The number of ether oxygens (including phenoxy) is 2. The minimum absolute atomic E-state index is 0.0768. The molecule has 1 atom stereocenters. The van der Waals surface area contributed by atoms with E-state index < -0.39 is 0 Å². The van der Waals surface area contributed by atoms with E-state index in [0.717, 1.165) is 78.4 Å². The molecule has 2 aliphatic heterocycles. The normalized spacial score (nSPS) is 15.3. The molecule has 0 saturated carbocycles. The van der Waals surface area contributed by atoms with E-state index in [2.05, 4.69) is 47.2 Å². The zero-order valence-electron chi connectivity index (χ0n) is 23.7. The van der Waals surface area contributed by atoms with Crippen LogP contribution >= 0.6 is 0 Å². The van der Waals surface area contributed by atoms with Gasteiger partial charge in [0, 0.05) is 41.0 Å². The minimum Gasteiger partial charge on any atom is -0.504 e. The van der Waals surface area contributed by atoms with Gasteiger partial charge in [0.2, 0.25) is 0 Å². The number of nitrogens with one attached hydrogen (secondary N) is 2. The van der Waals surface area contributed by atoms with E-state index in [0.29, 0.717) is 5.75 Å². The standard InChI is InChI=1S/C34H34N4O3/c1-19-4-7-23-25-10-12-35-29(33(25)37-27(23)14-19)15-21(20-5-9-31(39)32(17-20)41-3)16-30-34-26(11-13-36-30)24-8-6-22(40-2)18-28(24)38-34/h4-9,14,17-18,21,37-39H,10-13,15-16H2,1-3H3. The highest BCUT2D eigenvalue weighted by atomic mass is 16.5. The number of aromatic amines is 2. The van der Waals surface area contributed by atoms with Crippen molar-refractivity contribution in [3.8, 4) is 17.2 Å². The molecule has 0 amide bonds. The van der Waals surface area contributed by atoms with Gasteiger partial charge in [0.1, 0.15) is 5.75 Å². The van der Waals surface area contributed by atoms with Crippen LogP contribution in [0.1, 0.15) is 52.4 Å². The van der Waals surface area contributed by atoms with Gasteiger partial charge >= 0.3 is 0 Å². The van der Waals surface area contributed by atoms with Crippen LogP contribution in [0.2, 0.25) is 0 Å². The first-order chi connectivity index (χ1) is 20.0. The molecule has 7 heteroatoms. The highest BCUT2D eigenvalue weighted by molar-refractivity contribution is 6.09. The van der Waals surface area contributed by atoms with Gasteiger partial charge in [-0.2, -0.15) is 0 Å². The topological polar surface area (TPSA) is 95.0 Å². The van der Waals surface area contributed by atoms with Crippen molar-refractivity contribution in [2.45, 2.75) is 38.5 Å². The van der Waals surface area contributed by atoms with E-state index in [1.54, 1.807) is 20.3 Å². The number of hydrogen-bond acceptors (Lipinski definition) is 5. The summed E-state index contributed by atoms with van der Waals surface area (Å²) in [4.78, 5) is 17.4. The quantitative estimate of drug-likeness (QED) is 0.214. The molecule has 3 aromatic carbocycles. The molecule has 0 aliphatic carbocycles. The summed E-state index contributed by atoms with van der Waals surface area (Å²) in [6.07, 6.45) is 3.33. The van der Waals surface area contributed by atoms with Crippen LogP contribution in [0, 0.1) is 6.92 Å². The largest absolute Gasteiger partial charge is 0.504 e.